The zero-order chi connectivity index (χ0) is 24.5. The lowest BCUT2D eigenvalue weighted by Gasteiger charge is -2.57. The van der Waals surface area contributed by atoms with Gasteiger partial charge in [0.25, 0.3) is 0 Å². The van der Waals surface area contributed by atoms with Gasteiger partial charge in [0.2, 0.25) is 0 Å². The van der Waals surface area contributed by atoms with Crippen LogP contribution in [0.1, 0.15) is 71.8 Å². The Balaban J connectivity index is 1.40. The molecular formula is C30H42O4. The Labute approximate surface area is 205 Å². The first kappa shape index (κ1) is 25.0. The minimum Gasteiger partial charge on any atom is -0.491 e. The summed E-state index contributed by atoms with van der Waals surface area (Å²) in [7, 11) is 0. The smallest absolute Gasteiger partial charge is 0.312 e. The zero-order valence-electron chi connectivity index (χ0n) is 21.6. The van der Waals surface area contributed by atoms with Crippen molar-refractivity contribution in [2.45, 2.75) is 79.2 Å². The Morgan fingerprint density at radius 3 is 2.59 bits per heavy atom. The normalized spacial score (nSPS) is 31.6. The quantitative estimate of drug-likeness (QED) is 0.472. The Bertz CT molecular complexity index is 943. The van der Waals surface area contributed by atoms with Gasteiger partial charge in [-0.25, -0.2) is 0 Å². The Hall–Kier alpha value is -2.07. The van der Waals surface area contributed by atoms with Crippen LogP contribution in [0.5, 0.6) is 5.75 Å². The fourth-order valence-corrected chi connectivity index (χ4v) is 6.80. The van der Waals surface area contributed by atoms with Crippen LogP contribution >= 0.6 is 0 Å². The highest BCUT2D eigenvalue weighted by Crippen LogP contribution is 2.62. The lowest BCUT2D eigenvalue weighted by molar-refractivity contribution is -0.172. The van der Waals surface area contributed by atoms with Crippen LogP contribution in [0.4, 0.5) is 0 Å². The van der Waals surface area contributed by atoms with E-state index < -0.39 is 11.5 Å². The number of hydrogen-bond donors (Lipinski definition) is 1. The lowest BCUT2D eigenvalue weighted by Crippen LogP contribution is -2.53. The van der Waals surface area contributed by atoms with E-state index in [1.54, 1.807) is 5.57 Å². The van der Waals surface area contributed by atoms with E-state index >= 15 is 0 Å². The second-order valence-electron chi connectivity index (χ2n) is 11.6. The van der Waals surface area contributed by atoms with Gasteiger partial charge < -0.3 is 14.6 Å². The van der Waals surface area contributed by atoms with E-state index in [1.165, 1.54) is 18.4 Å². The van der Waals surface area contributed by atoms with Crippen LogP contribution in [-0.4, -0.2) is 30.4 Å². The number of aliphatic hydroxyl groups is 1. The Morgan fingerprint density at radius 1 is 1.15 bits per heavy atom. The SMILES string of the molecule is Cc1ccc(OCC(O)COC(=O)C2(C)CCCC3(C)C4CCC(C(C)C)=CC4=CCC23)cc1. The number of hydrogen-bond acceptors (Lipinski definition) is 4. The average Bonchev–Trinajstić information content (AvgIpc) is 2.81. The summed E-state index contributed by atoms with van der Waals surface area (Å²) in [6.45, 7) is 11.2. The first-order valence-corrected chi connectivity index (χ1v) is 13.1. The van der Waals surface area contributed by atoms with Crippen molar-refractivity contribution in [3.05, 3.63) is 53.1 Å². The summed E-state index contributed by atoms with van der Waals surface area (Å²) in [5.41, 5.74) is 3.81. The van der Waals surface area contributed by atoms with E-state index in [-0.39, 0.29) is 30.5 Å². The summed E-state index contributed by atoms with van der Waals surface area (Å²) < 4.78 is 11.4. The van der Waals surface area contributed by atoms with Crippen molar-refractivity contribution in [1.29, 1.82) is 0 Å². The van der Waals surface area contributed by atoms with Crippen LogP contribution < -0.4 is 4.74 Å². The number of aliphatic hydroxyl groups excluding tert-OH is 1. The van der Waals surface area contributed by atoms with E-state index in [0.717, 1.165) is 31.2 Å². The molecule has 1 N–H and O–H groups in total. The van der Waals surface area contributed by atoms with Gasteiger partial charge in [-0.1, -0.05) is 62.6 Å². The molecule has 1 saturated carbocycles. The summed E-state index contributed by atoms with van der Waals surface area (Å²) in [5, 5.41) is 10.4. The van der Waals surface area contributed by atoms with Gasteiger partial charge in [0.1, 0.15) is 25.1 Å². The molecule has 34 heavy (non-hydrogen) atoms. The molecule has 4 nitrogen and oxygen atoms in total. The number of esters is 1. The molecule has 4 rings (SSSR count). The van der Waals surface area contributed by atoms with Gasteiger partial charge >= 0.3 is 5.97 Å². The molecule has 1 aromatic carbocycles. The van der Waals surface area contributed by atoms with Crippen LogP contribution in [0.25, 0.3) is 0 Å². The van der Waals surface area contributed by atoms with E-state index in [4.69, 9.17) is 9.47 Å². The van der Waals surface area contributed by atoms with Gasteiger partial charge in [0, 0.05) is 0 Å². The number of allylic oxidation sites excluding steroid dienone is 4. The molecule has 186 valence electrons. The summed E-state index contributed by atoms with van der Waals surface area (Å²) in [4.78, 5) is 13.4. The molecule has 0 radical (unpaired) electrons. The molecule has 0 saturated heterocycles. The highest BCUT2D eigenvalue weighted by atomic mass is 16.5. The van der Waals surface area contributed by atoms with Crippen LogP contribution in [0.2, 0.25) is 0 Å². The van der Waals surface area contributed by atoms with Crippen molar-refractivity contribution in [2.75, 3.05) is 13.2 Å². The number of benzene rings is 1. The molecule has 0 aromatic heterocycles. The number of rotatable bonds is 7. The van der Waals surface area contributed by atoms with E-state index in [9.17, 15) is 9.90 Å². The monoisotopic (exact) mass is 466 g/mol. The van der Waals surface area contributed by atoms with Crippen molar-refractivity contribution in [3.63, 3.8) is 0 Å². The number of carbonyl (C=O) groups is 1. The Kier molecular flexibility index (Phi) is 7.28. The third-order valence-electron chi connectivity index (χ3n) is 8.92. The molecule has 3 aliphatic rings. The summed E-state index contributed by atoms with van der Waals surface area (Å²) in [5.74, 6) is 1.93. The van der Waals surface area contributed by atoms with Gasteiger partial charge in [-0.15, -0.1) is 0 Å². The highest BCUT2D eigenvalue weighted by Gasteiger charge is 2.57. The second-order valence-corrected chi connectivity index (χ2v) is 11.6. The molecule has 1 aromatic rings. The van der Waals surface area contributed by atoms with Crippen LogP contribution in [0, 0.1) is 35.5 Å². The van der Waals surface area contributed by atoms with Crippen LogP contribution in [0.15, 0.2) is 47.6 Å². The van der Waals surface area contributed by atoms with Gasteiger partial charge in [-0.2, -0.15) is 0 Å². The van der Waals surface area contributed by atoms with Gasteiger partial charge in [0.15, 0.2) is 0 Å². The number of fused-ring (bicyclic) bond motifs is 3. The largest absolute Gasteiger partial charge is 0.491 e. The molecule has 0 bridgehead atoms. The summed E-state index contributed by atoms with van der Waals surface area (Å²) in [6.07, 6.45) is 10.3. The first-order chi connectivity index (χ1) is 16.1. The standard InChI is InChI=1S/C30H42O4/c1-20(2)22-9-13-26-23(17-22)10-14-27-29(26,4)15-6-16-30(27,5)28(32)34-19-24(31)18-33-25-11-7-21(3)8-12-25/h7-8,10-12,17,20,24,26-27,31H,6,9,13-16,18-19H2,1-5H3. The third-order valence-corrected chi connectivity index (χ3v) is 8.92. The van der Waals surface area contributed by atoms with Crippen molar-refractivity contribution in [3.8, 4) is 5.75 Å². The zero-order valence-corrected chi connectivity index (χ0v) is 21.6. The van der Waals surface area contributed by atoms with Gasteiger partial charge in [0.05, 0.1) is 5.41 Å². The number of ether oxygens (including phenoxy) is 2. The van der Waals surface area contributed by atoms with E-state index in [0.29, 0.717) is 17.6 Å². The van der Waals surface area contributed by atoms with Crippen molar-refractivity contribution >= 4 is 5.97 Å². The lowest BCUT2D eigenvalue weighted by atomic mass is 9.47. The fourth-order valence-electron chi connectivity index (χ4n) is 6.80. The predicted octanol–water partition coefficient (Wildman–Crippen LogP) is 6.41. The van der Waals surface area contributed by atoms with E-state index in [1.807, 2.05) is 31.2 Å². The minimum absolute atomic E-state index is 0.0330. The molecule has 0 amide bonds. The molecule has 0 heterocycles. The second kappa shape index (κ2) is 9.89. The topological polar surface area (TPSA) is 55.8 Å². The van der Waals surface area contributed by atoms with Crippen molar-refractivity contribution in [1.82, 2.24) is 0 Å². The minimum atomic E-state index is -0.848. The van der Waals surface area contributed by atoms with Gasteiger partial charge in [-0.05, 0) is 86.8 Å². The molecule has 1 fully saturated rings. The van der Waals surface area contributed by atoms with E-state index in [2.05, 4.69) is 39.8 Å². The highest BCUT2D eigenvalue weighted by molar-refractivity contribution is 5.77. The van der Waals surface area contributed by atoms with Crippen molar-refractivity contribution < 1.29 is 19.4 Å². The van der Waals surface area contributed by atoms with Crippen molar-refractivity contribution in [2.24, 2.45) is 28.6 Å². The van der Waals surface area contributed by atoms with Crippen LogP contribution in [-0.2, 0) is 9.53 Å². The Morgan fingerprint density at radius 2 is 1.88 bits per heavy atom. The molecule has 0 aliphatic heterocycles. The number of aryl methyl sites for hydroxylation is 1. The maximum absolute atomic E-state index is 13.4. The molecule has 4 heteroatoms. The molecule has 5 atom stereocenters. The average molecular weight is 467 g/mol. The summed E-state index contributed by atoms with van der Waals surface area (Å²) >= 11 is 0. The molecular weight excluding hydrogens is 424 g/mol. The molecule has 5 unspecified atom stereocenters. The predicted molar refractivity (Wildman–Crippen MR) is 136 cm³/mol. The maximum atomic E-state index is 13.4. The van der Waals surface area contributed by atoms with Crippen LogP contribution in [0.3, 0.4) is 0 Å². The first-order valence-electron chi connectivity index (χ1n) is 13.1. The molecule has 3 aliphatic carbocycles. The maximum Gasteiger partial charge on any atom is 0.312 e. The summed E-state index contributed by atoms with van der Waals surface area (Å²) in [6, 6.07) is 7.71. The number of carbonyl (C=O) groups excluding carboxylic acids is 1. The van der Waals surface area contributed by atoms with Gasteiger partial charge in [-0.3, -0.25) is 4.79 Å². The third kappa shape index (κ3) is 4.84. The molecule has 0 spiro atoms. The fraction of sp³-hybridized carbons (Fsp3) is 0.633.